The van der Waals surface area contributed by atoms with Crippen molar-refractivity contribution in [2.24, 2.45) is 0 Å². The smallest absolute Gasteiger partial charge is 0.251 e. The molecule has 0 unspecified atom stereocenters. The van der Waals surface area contributed by atoms with Crippen molar-refractivity contribution in [2.75, 3.05) is 18.6 Å². The van der Waals surface area contributed by atoms with E-state index in [9.17, 15) is 4.79 Å². The van der Waals surface area contributed by atoms with Crippen LogP contribution in [0.25, 0.3) is 33.3 Å². The second-order valence-corrected chi connectivity index (χ2v) is 7.86. The third kappa shape index (κ3) is 4.35. The van der Waals surface area contributed by atoms with Gasteiger partial charge in [0.15, 0.2) is 0 Å². The molecule has 0 bridgehead atoms. The Labute approximate surface area is 174 Å². The summed E-state index contributed by atoms with van der Waals surface area (Å²) in [4.78, 5) is 12.2. The first-order valence-electron chi connectivity index (χ1n) is 9.67. The Morgan fingerprint density at radius 1 is 1.03 bits per heavy atom. The van der Waals surface area contributed by atoms with E-state index in [1.807, 2.05) is 36.4 Å². The summed E-state index contributed by atoms with van der Waals surface area (Å²) in [6, 6.07) is 24.3. The molecule has 0 saturated carbocycles. The number of nitrogens with zero attached hydrogens (tertiary/aromatic N) is 1. The van der Waals surface area contributed by atoms with Crippen molar-refractivity contribution in [3.8, 4) is 22.5 Å². The van der Waals surface area contributed by atoms with Crippen molar-refractivity contribution in [3.05, 3.63) is 78.4 Å². The van der Waals surface area contributed by atoms with Gasteiger partial charge < -0.3 is 5.32 Å². The predicted octanol–water partition coefficient (Wildman–Crippen LogP) is 5.38. The average molecular weight is 402 g/mol. The van der Waals surface area contributed by atoms with E-state index >= 15 is 0 Å². The number of fused-ring (bicyclic) bond motifs is 1. The van der Waals surface area contributed by atoms with Gasteiger partial charge in [0.05, 0.1) is 11.4 Å². The number of carbonyl (C=O) groups excluding carboxylic acids is 1. The van der Waals surface area contributed by atoms with E-state index < -0.39 is 0 Å². The molecule has 0 aliphatic heterocycles. The van der Waals surface area contributed by atoms with Gasteiger partial charge in [-0.2, -0.15) is 16.9 Å². The number of H-pyrrole nitrogens is 1. The topological polar surface area (TPSA) is 57.8 Å². The molecule has 2 N–H and O–H groups in total. The molecule has 0 saturated heterocycles. The second kappa shape index (κ2) is 8.97. The van der Waals surface area contributed by atoms with Crippen LogP contribution < -0.4 is 5.32 Å². The van der Waals surface area contributed by atoms with E-state index in [4.69, 9.17) is 0 Å². The van der Waals surface area contributed by atoms with E-state index in [0.717, 1.165) is 34.7 Å². The van der Waals surface area contributed by atoms with Crippen LogP contribution in [0.5, 0.6) is 0 Å². The molecule has 3 aromatic carbocycles. The summed E-state index contributed by atoms with van der Waals surface area (Å²) in [6.45, 7) is 0.704. The average Bonchev–Trinajstić information content (AvgIpc) is 3.26. The van der Waals surface area contributed by atoms with Gasteiger partial charge in [-0.1, -0.05) is 54.6 Å². The SMILES string of the molecule is CSCCCNC(=O)c1ccc(-c2cc(-c3cccc4ccccc34)[nH]n2)cc1. The van der Waals surface area contributed by atoms with E-state index in [1.165, 1.54) is 10.8 Å². The van der Waals surface area contributed by atoms with Crippen molar-refractivity contribution < 1.29 is 4.79 Å². The predicted molar refractivity (Wildman–Crippen MR) is 122 cm³/mol. The molecular weight excluding hydrogens is 378 g/mol. The molecule has 0 spiro atoms. The number of nitrogens with one attached hydrogen (secondary N) is 2. The number of carbonyl (C=O) groups is 1. The fourth-order valence-corrected chi connectivity index (χ4v) is 3.81. The number of amides is 1. The van der Waals surface area contributed by atoms with Gasteiger partial charge in [-0.25, -0.2) is 0 Å². The van der Waals surface area contributed by atoms with Gasteiger partial charge in [0, 0.05) is 23.2 Å². The number of rotatable bonds is 7. The van der Waals surface area contributed by atoms with Crippen LogP contribution in [0.2, 0.25) is 0 Å². The highest BCUT2D eigenvalue weighted by atomic mass is 32.2. The van der Waals surface area contributed by atoms with E-state index in [2.05, 4.69) is 58.2 Å². The second-order valence-electron chi connectivity index (χ2n) is 6.87. The molecule has 1 amide bonds. The van der Waals surface area contributed by atoms with Crippen LogP contribution in [-0.2, 0) is 0 Å². The van der Waals surface area contributed by atoms with Crippen molar-refractivity contribution >= 4 is 28.4 Å². The maximum atomic E-state index is 12.2. The molecule has 0 fully saturated rings. The van der Waals surface area contributed by atoms with Crippen LogP contribution >= 0.6 is 11.8 Å². The molecule has 1 aromatic heterocycles. The lowest BCUT2D eigenvalue weighted by Gasteiger charge is -2.05. The molecule has 4 nitrogen and oxygen atoms in total. The molecule has 0 aliphatic rings. The Hall–Kier alpha value is -3.05. The number of aromatic nitrogens is 2. The van der Waals surface area contributed by atoms with Crippen molar-refractivity contribution in [1.29, 1.82) is 0 Å². The summed E-state index contributed by atoms with van der Waals surface area (Å²) in [5.74, 6) is 1.02. The van der Waals surface area contributed by atoms with E-state index in [0.29, 0.717) is 12.1 Å². The summed E-state index contributed by atoms with van der Waals surface area (Å²) in [5, 5.41) is 13.0. The highest BCUT2D eigenvalue weighted by Crippen LogP contribution is 2.29. The van der Waals surface area contributed by atoms with Gasteiger partial charge in [-0.3, -0.25) is 9.89 Å². The molecule has 29 heavy (non-hydrogen) atoms. The first-order valence-corrected chi connectivity index (χ1v) is 11.1. The van der Waals surface area contributed by atoms with Crippen LogP contribution in [-0.4, -0.2) is 34.7 Å². The fraction of sp³-hybridized carbons (Fsp3) is 0.167. The van der Waals surface area contributed by atoms with Gasteiger partial charge in [0.25, 0.3) is 5.91 Å². The maximum Gasteiger partial charge on any atom is 0.251 e. The molecule has 4 rings (SSSR count). The highest BCUT2D eigenvalue weighted by Gasteiger charge is 2.10. The molecule has 146 valence electrons. The summed E-state index contributed by atoms with van der Waals surface area (Å²) >= 11 is 1.79. The fourth-order valence-electron chi connectivity index (χ4n) is 3.38. The van der Waals surface area contributed by atoms with Gasteiger partial charge in [-0.15, -0.1) is 0 Å². The number of hydrogen-bond acceptors (Lipinski definition) is 3. The zero-order chi connectivity index (χ0) is 20.1. The first-order chi connectivity index (χ1) is 14.3. The van der Waals surface area contributed by atoms with Crippen LogP contribution in [0.3, 0.4) is 0 Å². The minimum atomic E-state index is -0.0314. The summed E-state index contributed by atoms with van der Waals surface area (Å²) < 4.78 is 0. The van der Waals surface area contributed by atoms with E-state index in [-0.39, 0.29) is 5.91 Å². The molecular formula is C24H23N3OS. The minimum Gasteiger partial charge on any atom is -0.352 e. The maximum absolute atomic E-state index is 12.2. The Morgan fingerprint density at radius 2 is 1.83 bits per heavy atom. The number of hydrogen-bond donors (Lipinski definition) is 2. The zero-order valence-electron chi connectivity index (χ0n) is 16.3. The molecule has 1 heterocycles. The zero-order valence-corrected chi connectivity index (χ0v) is 17.1. The normalized spacial score (nSPS) is 10.9. The Bertz CT molecular complexity index is 1110. The lowest BCUT2D eigenvalue weighted by molar-refractivity contribution is 0.0954. The summed E-state index contributed by atoms with van der Waals surface area (Å²) in [5.41, 5.74) is 4.62. The first kappa shape index (κ1) is 19.3. The molecule has 5 heteroatoms. The lowest BCUT2D eigenvalue weighted by Crippen LogP contribution is -2.24. The Balaban J connectivity index is 1.52. The molecule has 0 radical (unpaired) electrons. The standard InChI is InChI=1S/C24H23N3OS/c1-29-15-5-14-25-24(28)19-12-10-18(11-13-19)22-16-23(27-26-22)21-9-4-7-17-6-2-3-8-20(17)21/h2-4,6-13,16H,5,14-15H2,1H3,(H,25,28)(H,26,27). The van der Waals surface area contributed by atoms with E-state index in [1.54, 1.807) is 11.8 Å². The lowest BCUT2D eigenvalue weighted by atomic mass is 10.0. The van der Waals surface area contributed by atoms with Gasteiger partial charge in [-0.05, 0) is 47.4 Å². The molecule has 0 aliphatic carbocycles. The van der Waals surface area contributed by atoms with Gasteiger partial charge in [0.1, 0.15) is 0 Å². The van der Waals surface area contributed by atoms with Crippen molar-refractivity contribution in [3.63, 3.8) is 0 Å². The summed E-state index contributed by atoms with van der Waals surface area (Å²) in [7, 11) is 0. The Kier molecular flexibility index (Phi) is 5.96. The number of thioether (sulfide) groups is 1. The third-order valence-corrected chi connectivity index (χ3v) is 5.61. The van der Waals surface area contributed by atoms with Crippen LogP contribution in [0.15, 0.2) is 72.8 Å². The largest absolute Gasteiger partial charge is 0.352 e. The van der Waals surface area contributed by atoms with Gasteiger partial charge >= 0.3 is 0 Å². The Morgan fingerprint density at radius 3 is 2.66 bits per heavy atom. The van der Waals surface area contributed by atoms with Crippen molar-refractivity contribution in [2.45, 2.75) is 6.42 Å². The summed E-state index contributed by atoms with van der Waals surface area (Å²) in [6.07, 6.45) is 3.05. The number of benzene rings is 3. The van der Waals surface area contributed by atoms with Crippen LogP contribution in [0, 0.1) is 0 Å². The van der Waals surface area contributed by atoms with Crippen molar-refractivity contribution in [1.82, 2.24) is 15.5 Å². The minimum absolute atomic E-state index is 0.0314. The monoisotopic (exact) mass is 401 g/mol. The quantitative estimate of drug-likeness (QED) is 0.409. The highest BCUT2D eigenvalue weighted by molar-refractivity contribution is 7.98. The van der Waals surface area contributed by atoms with Gasteiger partial charge in [0.2, 0.25) is 0 Å². The number of aromatic amines is 1. The van der Waals surface area contributed by atoms with Crippen LogP contribution in [0.1, 0.15) is 16.8 Å². The molecule has 4 aromatic rings. The third-order valence-electron chi connectivity index (χ3n) is 4.91. The molecule has 0 atom stereocenters. The van der Waals surface area contributed by atoms with Crippen LogP contribution in [0.4, 0.5) is 0 Å².